The van der Waals surface area contributed by atoms with Crippen LogP contribution in [0.15, 0.2) is 0 Å². The van der Waals surface area contributed by atoms with Gasteiger partial charge in [0, 0.05) is 30.7 Å². The number of hydrogen-bond acceptors (Lipinski definition) is 5. The Morgan fingerprint density at radius 1 is 1.35 bits per heavy atom. The Labute approximate surface area is 108 Å². The molecule has 0 aromatic carbocycles. The van der Waals surface area contributed by atoms with Crippen LogP contribution in [0, 0.1) is 0 Å². The van der Waals surface area contributed by atoms with Crippen molar-refractivity contribution in [3.05, 3.63) is 5.69 Å². The van der Waals surface area contributed by atoms with Gasteiger partial charge in [0.1, 0.15) is 10.7 Å². The van der Waals surface area contributed by atoms with Crippen LogP contribution in [0.25, 0.3) is 0 Å². The Morgan fingerprint density at radius 3 is 2.82 bits per heavy atom. The summed E-state index contributed by atoms with van der Waals surface area (Å²) >= 11 is 1.48. The van der Waals surface area contributed by atoms with E-state index in [1.165, 1.54) is 37.3 Å². The number of hydrogen-bond donors (Lipinski definition) is 1. The van der Waals surface area contributed by atoms with Crippen LogP contribution in [0.2, 0.25) is 0 Å². The smallest absolute Gasteiger partial charge is 0.134 e. The van der Waals surface area contributed by atoms with E-state index >= 15 is 0 Å². The van der Waals surface area contributed by atoms with Crippen LogP contribution in [0.3, 0.4) is 0 Å². The van der Waals surface area contributed by atoms with Gasteiger partial charge in [0.25, 0.3) is 0 Å². The summed E-state index contributed by atoms with van der Waals surface area (Å²) < 4.78 is 4.07. The summed E-state index contributed by atoms with van der Waals surface area (Å²) in [5.41, 5.74) is 1.13. The minimum Gasteiger partial charge on any atom is -0.374 e. The Morgan fingerprint density at radius 2 is 2.18 bits per heavy atom. The highest BCUT2D eigenvalue weighted by Gasteiger charge is 2.29. The largest absolute Gasteiger partial charge is 0.374 e. The molecule has 0 aliphatic heterocycles. The van der Waals surface area contributed by atoms with Gasteiger partial charge in [-0.15, -0.1) is 5.10 Å². The Kier molecular flexibility index (Phi) is 4.74. The lowest BCUT2D eigenvalue weighted by atomic mass is 10.3. The van der Waals surface area contributed by atoms with Crippen molar-refractivity contribution in [1.29, 1.82) is 0 Å². The van der Waals surface area contributed by atoms with Gasteiger partial charge < -0.3 is 5.32 Å². The minimum atomic E-state index is 0.802. The first-order chi connectivity index (χ1) is 8.35. The zero-order chi connectivity index (χ0) is 12.1. The van der Waals surface area contributed by atoms with E-state index in [0.29, 0.717) is 0 Å². The number of nitrogens with zero attached hydrogens (tertiary/aromatic N) is 3. The normalized spacial score (nSPS) is 15.5. The van der Waals surface area contributed by atoms with Gasteiger partial charge in [0.2, 0.25) is 0 Å². The molecule has 4 nitrogen and oxygen atoms in total. The van der Waals surface area contributed by atoms with Crippen molar-refractivity contribution in [3.8, 4) is 0 Å². The van der Waals surface area contributed by atoms with Gasteiger partial charge in [-0.25, -0.2) is 0 Å². The molecule has 0 saturated heterocycles. The van der Waals surface area contributed by atoms with E-state index in [2.05, 4.69) is 33.7 Å². The lowest BCUT2D eigenvalue weighted by molar-refractivity contribution is 0.252. The van der Waals surface area contributed by atoms with Gasteiger partial charge in [0.05, 0.1) is 0 Å². The third-order valence-corrected chi connectivity index (χ3v) is 3.74. The summed E-state index contributed by atoms with van der Waals surface area (Å²) in [7, 11) is 0. The van der Waals surface area contributed by atoms with Crippen molar-refractivity contribution in [1.82, 2.24) is 14.5 Å². The first-order valence-electron chi connectivity index (χ1n) is 6.64. The molecule has 1 aliphatic rings. The van der Waals surface area contributed by atoms with Crippen LogP contribution in [-0.2, 0) is 6.54 Å². The molecule has 0 unspecified atom stereocenters. The second-order valence-corrected chi connectivity index (χ2v) is 5.43. The summed E-state index contributed by atoms with van der Waals surface area (Å²) in [6, 6.07) is 0.802. The van der Waals surface area contributed by atoms with Gasteiger partial charge in [-0.3, -0.25) is 4.90 Å². The molecular weight excluding hydrogens is 232 g/mol. The second kappa shape index (κ2) is 6.31. The van der Waals surface area contributed by atoms with Crippen molar-refractivity contribution in [2.45, 2.75) is 52.1 Å². The van der Waals surface area contributed by atoms with Gasteiger partial charge in [-0.2, -0.15) is 0 Å². The van der Waals surface area contributed by atoms with Crippen molar-refractivity contribution in [2.75, 3.05) is 18.4 Å². The Bertz CT molecular complexity index is 335. The molecule has 1 fully saturated rings. The summed E-state index contributed by atoms with van der Waals surface area (Å²) in [5.74, 6) is 0. The number of rotatable bonds is 8. The van der Waals surface area contributed by atoms with Crippen LogP contribution in [0.5, 0.6) is 0 Å². The third-order valence-electron chi connectivity index (χ3n) is 3.02. The van der Waals surface area contributed by atoms with E-state index < -0.39 is 0 Å². The molecule has 0 spiro atoms. The first kappa shape index (κ1) is 12.8. The fraction of sp³-hybridized carbons (Fsp3) is 0.833. The molecule has 0 atom stereocenters. The molecule has 1 aromatic rings. The van der Waals surface area contributed by atoms with Crippen LogP contribution in [0.4, 0.5) is 5.00 Å². The highest BCUT2D eigenvalue weighted by atomic mass is 32.1. The third kappa shape index (κ3) is 3.64. The number of nitrogens with one attached hydrogen (secondary N) is 1. The molecule has 1 heterocycles. The zero-order valence-corrected chi connectivity index (χ0v) is 11.6. The van der Waals surface area contributed by atoms with Crippen molar-refractivity contribution < 1.29 is 0 Å². The molecule has 1 N–H and O–H groups in total. The predicted octanol–water partition coefficient (Wildman–Crippen LogP) is 2.73. The number of aromatic nitrogens is 2. The molecular formula is C12H22N4S. The molecule has 1 aliphatic carbocycles. The van der Waals surface area contributed by atoms with E-state index in [1.54, 1.807) is 0 Å². The molecule has 0 bridgehead atoms. The van der Waals surface area contributed by atoms with Crippen LogP contribution < -0.4 is 5.32 Å². The molecule has 5 heteroatoms. The van der Waals surface area contributed by atoms with Crippen molar-refractivity contribution in [2.24, 2.45) is 0 Å². The molecule has 2 rings (SSSR count). The van der Waals surface area contributed by atoms with Crippen LogP contribution in [-0.4, -0.2) is 33.6 Å². The lowest BCUT2D eigenvalue weighted by Gasteiger charge is -2.20. The summed E-state index contributed by atoms with van der Waals surface area (Å²) in [6.07, 6.45) is 5.06. The van der Waals surface area contributed by atoms with E-state index in [-0.39, 0.29) is 0 Å². The molecule has 96 valence electrons. The highest BCUT2D eigenvalue weighted by Crippen LogP contribution is 2.30. The van der Waals surface area contributed by atoms with E-state index in [4.69, 9.17) is 0 Å². The maximum atomic E-state index is 4.27. The van der Waals surface area contributed by atoms with E-state index in [1.807, 2.05) is 0 Å². The first-order valence-corrected chi connectivity index (χ1v) is 7.41. The average molecular weight is 254 g/mol. The van der Waals surface area contributed by atoms with E-state index in [9.17, 15) is 0 Å². The standard InChI is InChI=1S/C12H22N4S/c1-3-7-13-12-11(14-15-17-12)9-16(8-4-2)10-5-6-10/h10,13H,3-9H2,1-2H3. The fourth-order valence-electron chi connectivity index (χ4n) is 1.99. The van der Waals surface area contributed by atoms with Gasteiger partial charge in [-0.1, -0.05) is 18.3 Å². The monoisotopic (exact) mass is 254 g/mol. The number of anilines is 1. The van der Waals surface area contributed by atoms with Gasteiger partial charge >= 0.3 is 0 Å². The van der Waals surface area contributed by atoms with Crippen molar-refractivity contribution in [3.63, 3.8) is 0 Å². The maximum Gasteiger partial charge on any atom is 0.134 e. The second-order valence-electron chi connectivity index (χ2n) is 4.68. The van der Waals surface area contributed by atoms with Crippen LogP contribution in [0.1, 0.15) is 45.2 Å². The Hall–Kier alpha value is -0.680. The average Bonchev–Trinajstić information content (AvgIpc) is 3.08. The SMILES string of the molecule is CCCNc1snnc1CN(CCC)C1CC1. The molecule has 17 heavy (non-hydrogen) atoms. The highest BCUT2D eigenvalue weighted by molar-refractivity contribution is 7.10. The molecule has 0 amide bonds. The lowest BCUT2D eigenvalue weighted by Crippen LogP contribution is -2.26. The quantitative estimate of drug-likeness (QED) is 0.774. The fourth-order valence-corrected chi connectivity index (χ4v) is 2.59. The van der Waals surface area contributed by atoms with E-state index in [0.717, 1.165) is 36.2 Å². The molecule has 1 aromatic heterocycles. The maximum absolute atomic E-state index is 4.27. The van der Waals surface area contributed by atoms with Crippen molar-refractivity contribution >= 4 is 16.5 Å². The van der Waals surface area contributed by atoms with Gasteiger partial charge in [0.15, 0.2) is 0 Å². The summed E-state index contributed by atoms with van der Waals surface area (Å²) in [6.45, 7) is 7.56. The molecule has 0 radical (unpaired) electrons. The predicted molar refractivity (Wildman–Crippen MR) is 72.4 cm³/mol. The van der Waals surface area contributed by atoms with Gasteiger partial charge in [-0.05, 0) is 32.2 Å². The topological polar surface area (TPSA) is 41.1 Å². The summed E-state index contributed by atoms with van der Waals surface area (Å²) in [4.78, 5) is 2.55. The minimum absolute atomic E-state index is 0.802. The Balaban J connectivity index is 1.93. The summed E-state index contributed by atoms with van der Waals surface area (Å²) in [5, 5.41) is 8.84. The zero-order valence-electron chi connectivity index (χ0n) is 10.8. The van der Waals surface area contributed by atoms with Crippen LogP contribution >= 0.6 is 11.5 Å². The molecule has 1 saturated carbocycles.